The summed E-state index contributed by atoms with van der Waals surface area (Å²) in [7, 11) is 0. The van der Waals surface area contributed by atoms with Gasteiger partial charge >= 0.3 is 0 Å². The highest BCUT2D eigenvalue weighted by Gasteiger charge is 2.31. The molecule has 0 saturated carbocycles. The van der Waals surface area contributed by atoms with Gasteiger partial charge in [-0.25, -0.2) is 4.39 Å². The van der Waals surface area contributed by atoms with Crippen LogP contribution in [0.15, 0.2) is 29.2 Å². The number of carboxylic acid groups (broad SMARTS) is 1. The van der Waals surface area contributed by atoms with Crippen LogP contribution in [0.5, 0.6) is 0 Å². The molecular weight excluding hydrogens is 289 g/mol. The second kappa shape index (κ2) is 5.50. The second-order valence-corrected chi connectivity index (χ2v) is 5.37. The number of nitrogens with zero attached hydrogens (tertiary/aromatic N) is 1. The molecule has 1 heterocycles. The number of hydrogen-bond donors (Lipinski definition) is 0. The van der Waals surface area contributed by atoms with Crippen molar-refractivity contribution in [2.45, 2.75) is 0 Å². The average molecular weight is 296 g/mol. The molecule has 1 aliphatic heterocycles. The summed E-state index contributed by atoms with van der Waals surface area (Å²) in [5.74, 6) is -2.31. The summed E-state index contributed by atoms with van der Waals surface area (Å²) >= 11 is 5.90. The molecule has 98 valence electrons. The highest BCUT2D eigenvalue weighted by atomic mass is 32.2. The lowest BCUT2D eigenvalue weighted by Crippen LogP contribution is -2.40. The van der Waals surface area contributed by atoms with Crippen LogP contribution in [0.1, 0.15) is 5.56 Å². The van der Waals surface area contributed by atoms with E-state index in [1.165, 1.54) is 24.3 Å². The SMILES string of the molecule is O=C([O-])CN1C(=O)/C(=C/c2cccc(F)c2)SC1=S. The van der Waals surface area contributed by atoms with Crippen molar-refractivity contribution in [3.05, 3.63) is 40.6 Å². The molecule has 0 spiro atoms. The van der Waals surface area contributed by atoms with Gasteiger partial charge in [0.05, 0.1) is 17.4 Å². The van der Waals surface area contributed by atoms with Gasteiger partial charge in [0.2, 0.25) is 0 Å². The highest BCUT2D eigenvalue weighted by Crippen LogP contribution is 2.32. The van der Waals surface area contributed by atoms with Gasteiger partial charge < -0.3 is 9.90 Å². The smallest absolute Gasteiger partial charge is 0.266 e. The minimum absolute atomic E-state index is 0.150. The molecule has 0 bridgehead atoms. The Hall–Kier alpha value is -1.73. The summed E-state index contributed by atoms with van der Waals surface area (Å²) in [5.41, 5.74) is 0.508. The Morgan fingerprint density at radius 2 is 2.26 bits per heavy atom. The number of thiocarbonyl (C=S) groups is 1. The number of carboxylic acids is 1. The van der Waals surface area contributed by atoms with Crippen molar-refractivity contribution >= 4 is 46.3 Å². The maximum Gasteiger partial charge on any atom is 0.266 e. The van der Waals surface area contributed by atoms with Gasteiger partial charge in [-0.2, -0.15) is 0 Å². The van der Waals surface area contributed by atoms with Crippen LogP contribution in [0.4, 0.5) is 4.39 Å². The number of benzene rings is 1. The molecule has 1 aliphatic rings. The topological polar surface area (TPSA) is 60.4 Å². The zero-order chi connectivity index (χ0) is 14.0. The Kier molecular flexibility index (Phi) is 3.96. The Labute approximate surface area is 117 Å². The number of halogens is 1. The minimum atomic E-state index is -1.39. The van der Waals surface area contributed by atoms with E-state index < -0.39 is 24.2 Å². The third-order valence-corrected chi connectivity index (χ3v) is 3.69. The molecule has 1 amide bonds. The van der Waals surface area contributed by atoms with Crippen molar-refractivity contribution in [1.29, 1.82) is 0 Å². The first-order chi connectivity index (χ1) is 8.97. The predicted octanol–water partition coefficient (Wildman–Crippen LogP) is 0.777. The number of thioether (sulfide) groups is 1. The minimum Gasteiger partial charge on any atom is -0.548 e. The largest absolute Gasteiger partial charge is 0.548 e. The van der Waals surface area contributed by atoms with Crippen LogP contribution in [0, 0.1) is 5.82 Å². The van der Waals surface area contributed by atoms with Crippen LogP contribution in [-0.4, -0.2) is 27.6 Å². The molecule has 0 atom stereocenters. The molecule has 1 aromatic rings. The van der Waals surface area contributed by atoms with E-state index in [2.05, 4.69) is 0 Å². The van der Waals surface area contributed by atoms with Gasteiger partial charge in [0.15, 0.2) is 0 Å². The van der Waals surface area contributed by atoms with E-state index in [4.69, 9.17) is 12.2 Å². The van der Waals surface area contributed by atoms with E-state index in [0.29, 0.717) is 5.56 Å². The van der Waals surface area contributed by atoms with Crippen molar-refractivity contribution in [3.63, 3.8) is 0 Å². The number of carbonyl (C=O) groups is 2. The molecule has 0 unspecified atom stereocenters. The van der Waals surface area contributed by atoms with Gasteiger partial charge in [0, 0.05) is 0 Å². The quantitative estimate of drug-likeness (QED) is 0.609. The average Bonchev–Trinajstić information content (AvgIpc) is 2.57. The maximum absolute atomic E-state index is 13.0. The van der Waals surface area contributed by atoms with Crippen LogP contribution in [0.3, 0.4) is 0 Å². The number of aliphatic carboxylic acids is 1. The Morgan fingerprint density at radius 1 is 1.53 bits per heavy atom. The van der Waals surface area contributed by atoms with E-state index in [1.807, 2.05) is 0 Å². The standard InChI is InChI=1S/C12H8FNO3S2/c13-8-3-1-2-7(4-8)5-9-11(17)14(6-10(15)16)12(18)19-9/h1-5H,6H2,(H,15,16)/p-1/b9-5-. The first-order valence-electron chi connectivity index (χ1n) is 5.18. The maximum atomic E-state index is 13.0. The molecule has 0 aliphatic carbocycles. The molecule has 4 nitrogen and oxygen atoms in total. The van der Waals surface area contributed by atoms with Crippen molar-refractivity contribution in [3.8, 4) is 0 Å². The number of hydrogen-bond acceptors (Lipinski definition) is 5. The van der Waals surface area contributed by atoms with Crippen LogP contribution < -0.4 is 5.11 Å². The van der Waals surface area contributed by atoms with Crippen LogP contribution >= 0.6 is 24.0 Å². The fourth-order valence-corrected chi connectivity index (χ4v) is 2.77. The Morgan fingerprint density at radius 3 is 2.89 bits per heavy atom. The van der Waals surface area contributed by atoms with Crippen molar-refractivity contribution in [2.75, 3.05) is 6.54 Å². The van der Waals surface area contributed by atoms with Crippen molar-refractivity contribution < 1.29 is 19.1 Å². The molecule has 2 rings (SSSR count). The van der Waals surface area contributed by atoms with E-state index in [-0.39, 0.29) is 9.23 Å². The van der Waals surface area contributed by atoms with Crippen molar-refractivity contribution in [2.24, 2.45) is 0 Å². The summed E-state index contributed by atoms with van der Waals surface area (Å²) in [4.78, 5) is 23.6. The zero-order valence-corrected chi connectivity index (χ0v) is 11.1. The van der Waals surface area contributed by atoms with Gasteiger partial charge in [0.1, 0.15) is 10.1 Å². The summed E-state index contributed by atoms with van der Waals surface area (Å²) in [6.45, 7) is -0.578. The lowest BCUT2D eigenvalue weighted by molar-refractivity contribution is -0.305. The fraction of sp³-hybridized carbons (Fsp3) is 0.0833. The molecule has 7 heteroatoms. The summed E-state index contributed by atoms with van der Waals surface area (Å²) < 4.78 is 13.2. The third kappa shape index (κ3) is 3.18. The molecule has 0 N–H and O–H groups in total. The number of carbonyl (C=O) groups excluding carboxylic acids is 2. The van der Waals surface area contributed by atoms with Crippen LogP contribution in [0.25, 0.3) is 6.08 Å². The molecular formula is C12H7FNO3S2-. The van der Waals surface area contributed by atoms with Gasteiger partial charge in [-0.15, -0.1) is 0 Å². The van der Waals surface area contributed by atoms with Gasteiger partial charge in [-0.3, -0.25) is 9.69 Å². The molecule has 1 saturated heterocycles. The first kappa shape index (κ1) is 13.7. The van der Waals surface area contributed by atoms with E-state index >= 15 is 0 Å². The summed E-state index contributed by atoms with van der Waals surface area (Å²) in [6, 6.07) is 5.71. The number of amides is 1. The zero-order valence-electron chi connectivity index (χ0n) is 9.46. The van der Waals surface area contributed by atoms with Crippen LogP contribution in [0.2, 0.25) is 0 Å². The highest BCUT2D eigenvalue weighted by molar-refractivity contribution is 8.26. The van der Waals surface area contributed by atoms with E-state index in [0.717, 1.165) is 16.7 Å². The number of rotatable bonds is 3. The van der Waals surface area contributed by atoms with Gasteiger partial charge in [-0.1, -0.05) is 36.1 Å². The first-order valence-corrected chi connectivity index (χ1v) is 6.40. The molecule has 1 aromatic carbocycles. The Bertz CT molecular complexity index is 600. The lowest BCUT2D eigenvalue weighted by Gasteiger charge is -2.14. The lowest BCUT2D eigenvalue weighted by atomic mass is 10.2. The normalized spacial score (nSPS) is 17.3. The van der Waals surface area contributed by atoms with Crippen molar-refractivity contribution in [1.82, 2.24) is 4.90 Å². The predicted molar refractivity (Wildman–Crippen MR) is 71.3 cm³/mol. The summed E-state index contributed by atoms with van der Waals surface area (Å²) in [5, 5.41) is 10.5. The monoisotopic (exact) mass is 296 g/mol. The van der Waals surface area contributed by atoms with E-state index in [1.54, 1.807) is 6.07 Å². The van der Waals surface area contributed by atoms with Gasteiger partial charge in [-0.05, 0) is 23.8 Å². The molecule has 19 heavy (non-hydrogen) atoms. The molecule has 0 aromatic heterocycles. The van der Waals surface area contributed by atoms with E-state index in [9.17, 15) is 19.1 Å². The van der Waals surface area contributed by atoms with Crippen LogP contribution in [-0.2, 0) is 9.59 Å². The Balaban J connectivity index is 2.25. The summed E-state index contributed by atoms with van der Waals surface area (Å²) in [6.07, 6.45) is 1.47. The molecule has 1 fully saturated rings. The van der Waals surface area contributed by atoms with Gasteiger partial charge in [0.25, 0.3) is 5.91 Å². The third-order valence-electron chi connectivity index (χ3n) is 2.31. The second-order valence-electron chi connectivity index (χ2n) is 3.69. The molecule has 0 radical (unpaired) electrons. The fourth-order valence-electron chi connectivity index (χ4n) is 1.51.